The van der Waals surface area contributed by atoms with E-state index in [0.29, 0.717) is 33.6 Å². The highest BCUT2D eigenvalue weighted by molar-refractivity contribution is 9.10. The molecule has 3 rings (SSSR count). The monoisotopic (exact) mass is 439 g/mol. The summed E-state index contributed by atoms with van der Waals surface area (Å²) in [6, 6.07) is 10.3. The fourth-order valence-electron chi connectivity index (χ4n) is 3.20. The Morgan fingerprint density at radius 1 is 1.31 bits per heavy atom. The Morgan fingerprint density at radius 2 is 2.04 bits per heavy atom. The number of nitrogens with zero attached hydrogens (tertiary/aromatic N) is 1. The van der Waals surface area contributed by atoms with Gasteiger partial charge in [-0.3, -0.25) is 4.90 Å². The number of fused-ring (bicyclic) bond motifs is 1. The molecule has 0 aromatic heterocycles. The van der Waals surface area contributed by atoms with Crippen LogP contribution in [0.5, 0.6) is 0 Å². The molecule has 1 aliphatic heterocycles. The van der Waals surface area contributed by atoms with Crippen LogP contribution in [0.15, 0.2) is 40.9 Å². The predicted octanol–water partition coefficient (Wildman–Crippen LogP) is 6.67. The average molecular weight is 441 g/mol. The minimum Gasteiger partial charge on any atom is -0.443 e. The normalized spacial score (nSPS) is 17.0. The summed E-state index contributed by atoms with van der Waals surface area (Å²) in [5.74, 6) is -0.326. The van der Waals surface area contributed by atoms with E-state index in [4.69, 9.17) is 16.3 Å². The van der Waals surface area contributed by atoms with Gasteiger partial charge < -0.3 is 4.74 Å². The molecule has 2 aromatic carbocycles. The van der Waals surface area contributed by atoms with Crippen LogP contribution in [-0.4, -0.2) is 11.7 Å². The maximum Gasteiger partial charge on any atom is 0.415 e. The van der Waals surface area contributed by atoms with Gasteiger partial charge >= 0.3 is 6.09 Å². The topological polar surface area (TPSA) is 29.5 Å². The first-order chi connectivity index (χ1) is 12.2. The number of carbonyl (C=O) groups is 1. The summed E-state index contributed by atoms with van der Waals surface area (Å²) in [5.41, 5.74) is 1.30. The lowest BCUT2D eigenvalue weighted by Crippen LogP contribution is -2.42. The summed E-state index contributed by atoms with van der Waals surface area (Å²) in [6.07, 6.45) is 0.622. The van der Waals surface area contributed by atoms with E-state index in [0.717, 1.165) is 5.56 Å². The fourth-order valence-corrected chi connectivity index (χ4v) is 3.81. The van der Waals surface area contributed by atoms with Crippen LogP contribution in [0, 0.1) is 5.82 Å². The molecule has 2 aromatic rings. The summed E-state index contributed by atoms with van der Waals surface area (Å²) < 4.78 is 20.7. The number of hydrogen-bond acceptors (Lipinski definition) is 2. The van der Waals surface area contributed by atoms with Gasteiger partial charge in [0.2, 0.25) is 0 Å². The minimum absolute atomic E-state index is 0.273. The molecule has 1 atom stereocenters. The van der Waals surface area contributed by atoms with Crippen molar-refractivity contribution in [1.82, 2.24) is 0 Å². The smallest absolute Gasteiger partial charge is 0.415 e. The number of benzene rings is 2. The highest BCUT2D eigenvalue weighted by atomic mass is 79.9. The Balaban J connectivity index is 2.11. The van der Waals surface area contributed by atoms with Crippen LogP contribution in [0.3, 0.4) is 0 Å². The summed E-state index contributed by atoms with van der Waals surface area (Å²) in [7, 11) is 0. The van der Waals surface area contributed by atoms with Gasteiger partial charge in [-0.15, -0.1) is 0 Å². The Labute approximate surface area is 166 Å². The van der Waals surface area contributed by atoms with Crippen molar-refractivity contribution in [2.24, 2.45) is 0 Å². The second kappa shape index (κ2) is 7.20. The second-order valence-corrected chi connectivity index (χ2v) is 8.70. The lowest BCUT2D eigenvalue weighted by Gasteiger charge is -2.38. The molecule has 0 spiro atoms. The minimum atomic E-state index is -0.655. The molecule has 1 aliphatic rings. The van der Waals surface area contributed by atoms with Gasteiger partial charge in [0.05, 0.1) is 11.7 Å². The lowest BCUT2D eigenvalue weighted by atomic mass is 9.91. The summed E-state index contributed by atoms with van der Waals surface area (Å²) in [6.45, 7) is 5.43. The third-order valence-corrected chi connectivity index (χ3v) is 4.89. The standard InChI is InChI=1S/C20H20BrClFNO2/c1-20(2,3)26-19(25)24-17(12-5-4-6-14(22)9-12)8-7-15-16(23)10-13(21)11-18(15)24/h4-6,9-11,17H,7-8H2,1-3H3. The van der Waals surface area contributed by atoms with E-state index in [1.54, 1.807) is 17.0 Å². The SMILES string of the molecule is CC(C)(C)OC(=O)N1c2cc(Br)cc(F)c2CCC1c1cccc(Cl)c1. The van der Waals surface area contributed by atoms with Crippen LogP contribution in [0.4, 0.5) is 14.9 Å². The van der Waals surface area contributed by atoms with E-state index in [9.17, 15) is 9.18 Å². The Hall–Kier alpha value is -1.59. The number of ether oxygens (including phenoxy) is 1. The van der Waals surface area contributed by atoms with Gasteiger partial charge in [-0.2, -0.15) is 0 Å². The third kappa shape index (κ3) is 4.04. The largest absolute Gasteiger partial charge is 0.443 e. The molecule has 0 N–H and O–H groups in total. The number of halogens is 3. The zero-order valence-electron chi connectivity index (χ0n) is 14.9. The highest BCUT2D eigenvalue weighted by Crippen LogP contribution is 2.42. The Kier molecular flexibility index (Phi) is 5.31. The zero-order chi connectivity index (χ0) is 19.1. The molecule has 138 valence electrons. The Morgan fingerprint density at radius 3 is 2.69 bits per heavy atom. The van der Waals surface area contributed by atoms with Crippen molar-refractivity contribution < 1.29 is 13.9 Å². The summed E-state index contributed by atoms with van der Waals surface area (Å²) >= 11 is 9.47. The number of rotatable bonds is 1. The number of anilines is 1. The average Bonchev–Trinajstić information content (AvgIpc) is 2.51. The Bertz CT molecular complexity index is 850. The first kappa shape index (κ1) is 19.2. The molecule has 0 fully saturated rings. The van der Waals surface area contributed by atoms with E-state index in [2.05, 4.69) is 15.9 Å². The van der Waals surface area contributed by atoms with Crippen molar-refractivity contribution in [1.29, 1.82) is 0 Å². The van der Waals surface area contributed by atoms with Crippen molar-refractivity contribution in [3.8, 4) is 0 Å². The molecular weight excluding hydrogens is 421 g/mol. The first-order valence-electron chi connectivity index (χ1n) is 8.41. The van der Waals surface area contributed by atoms with Crippen LogP contribution in [0.1, 0.15) is 44.4 Å². The number of hydrogen-bond donors (Lipinski definition) is 0. The van der Waals surface area contributed by atoms with Crippen LogP contribution in [0.2, 0.25) is 5.02 Å². The van der Waals surface area contributed by atoms with Crippen LogP contribution in [0.25, 0.3) is 0 Å². The number of amides is 1. The zero-order valence-corrected chi connectivity index (χ0v) is 17.2. The molecule has 1 heterocycles. The van der Waals surface area contributed by atoms with Gasteiger partial charge in [0.25, 0.3) is 0 Å². The molecule has 26 heavy (non-hydrogen) atoms. The molecule has 6 heteroatoms. The quantitative estimate of drug-likeness (QED) is 0.495. The van der Waals surface area contributed by atoms with Gasteiger partial charge in [0.15, 0.2) is 0 Å². The summed E-state index contributed by atoms with van der Waals surface area (Å²) in [4.78, 5) is 14.5. The van der Waals surface area contributed by atoms with Gasteiger partial charge in [-0.1, -0.05) is 39.7 Å². The first-order valence-corrected chi connectivity index (χ1v) is 9.58. The van der Waals surface area contributed by atoms with Crippen LogP contribution >= 0.6 is 27.5 Å². The summed E-state index contributed by atoms with van der Waals surface area (Å²) in [5, 5.41) is 0.595. The molecule has 0 radical (unpaired) electrons. The van der Waals surface area contributed by atoms with Crippen LogP contribution in [-0.2, 0) is 11.2 Å². The predicted molar refractivity (Wildman–Crippen MR) is 105 cm³/mol. The maximum atomic E-state index is 14.5. The molecule has 0 aliphatic carbocycles. The van der Waals surface area contributed by atoms with E-state index in [1.165, 1.54) is 6.07 Å². The van der Waals surface area contributed by atoms with Crippen molar-refractivity contribution >= 4 is 39.3 Å². The molecule has 3 nitrogen and oxygen atoms in total. The molecule has 0 bridgehead atoms. The second-order valence-electron chi connectivity index (χ2n) is 7.35. The van der Waals surface area contributed by atoms with Gasteiger partial charge in [0.1, 0.15) is 11.4 Å². The molecule has 1 unspecified atom stereocenters. The van der Waals surface area contributed by atoms with Crippen molar-refractivity contribution in [3.05, 3.63) is 62.8 Å². The van der Waals surface area contributed by atoms with Crippen molar-refractivity contribution in [2.45, 2.75) is 45.3 Å². The molecular formula is C20H20BrClFNO2. The van der Waals surface area contributed by atoms with E-state index >= 15 is 0 Å². The maximum absolute atomic E-state index is 14.5. The van der Waals surface area contributed by atoms with Crippen molar-refractivity contribution in [3.63, 3.8) is 0 Å². The van der Waals surface area contributed by atoms with E-state index in [-0.39, 0.29) is 11.9 Å². The molecule has 1 amide bonds. The third-order valence-electron chi connectivity index (χ3n) is 4.20. The molecule has 0 saturated carbocycles. The van der Waals surface area contributed by atoms with E-state index < -0.39 is 11.7 Å². The van der Waals surface area contributed by atoms with E-state index in [1.807, 2.05) is 39.0 Å². The van der Waals surface area contributed by atoms with Gasteiger partial charge in [-0.25, -0.2) is 9.18 Å². The number of carbonyl (C=O) groups excluding carboxylic acids is 1. The van der Waals surface area contributed by atoms with Gasteiger partial charge in [-0.05, 0) is 63.4 Å². The molecule has 0 saturated heterocycles. The highest BCUT2D eigenvalue weighted by Gasteiger charge is 2.36. The van der Waals surface area contributed by atoms with Crippen molar-refractivity contribution in [2.75, 3.05) is 4.90 Å². The lowest BCUT2D eigenvalue weighted by molar-refractivity contribution is 0.0559. The van der Waals surface area contributed by atoms with Crippen LogP contribution < -0.4 is 4.90 Å². The van der Waals surface area contributed by atoms with Gasteiger partial charge in [0, 0.05) is 15.1 Å². The fraction of sp³-hybridized carbons (Fsp3) is 0.350.